The lowest BCUT2D eigenvalue weighted by Crippen LogP contribution is -2.47. The van der Waals surface area contributed by atoms with E-state index in [4.69, 9.17) is 9.84 Å². The van der Waals surface area contributed by atoms with Gasteiger partial charge in [-0.2, -0.15) is 0 Å². The van der Waals surface area contributed by atoms with E-state index in [1.807, 2.05) is 7.05 Å². The van der Waals surface area contributed by atoms with Crippen molar-refractivity contribution >= 4 is 21.9 Å². The molecule has 0 aromatic heterocycles. The SMILES string of the molecule is Cc1ccc(CN2CCOC(CN(C)CC(=O)O)C2)c(Br)c1. The number of rotatable bonds is 6. The van der Waals surface area contributed by atoms with Gasteiger partial charge in [-0.25, -0.2) is 0 Å². The first-order valence-electron chi connectivity index (χ1n) is 7.43. The van der Waals surface area contributed by atoms with Crippen LogP contribution in [0.25, 0.3) is 0 Å². The zero-order valence-corrected chi connectivity index (χ0v) is 14.7. The Morgan fingerprint density at radius 2 is 2.32 bits per heavy atom. The molecule has 0 aliphatic carbocycles. The lowest BCUT2D eigenvalue weighted by molar-refractivity contribution is -0.138. The monoisotopic (exact) mass is 370 g/mol. The molecule has 1 aromatic rings. The number of benzene rings is 1. The highest BCUT2D eigenvalue weighted by Crippen LogP contribution is 2.21. The molecule has 0 saturated carbocycles. The van der Waals surface area contributed by atoms with Crippen molar-refractivity contribution < 1.29 is 14.6 Å². The summed E-state index contributed by atoms with van der Waals surface area (Å²) in [5.74, 6) is -0.807. The predicted octanol–water partition coefficient (Wildman–Crippen LogP) is 1.97. The van der Waals surface area contributed by atoms with Gasteiger partial charge in [-0.1, -0.05) is 28.1 Å². The largest absolute Gasteiger partial charge is 0.480 e. The van der Waals surface area contributed by atoms with Crippen molar-refractivity contribution in [3.8, 4) is 0 Å². The zero-order chi connectivity index (χ0) is 16.1. The van der Waals surface area contributed by atoms with Gasteiger partial charge in [-0.05, 0) is 31.2 Å². The molecule has 1 unspecified atom stereocenters. The summed E-state index contributed by atoms with van der Waals surface area (Å²) in [6.07, 6.45) is 0.0577. The van der Waals surface area contributed by atoms with Crippen molar-refractivity contribution in [1.82, 2.24) is 9.80 Å². The first kappa shape index (κ1) is 17.4. The molecule has 1 N–H and O–H groups in total. The minimum absolute atomic E-state index is 0.0450. The summed E-state index contributed by atoms with van der Waals surface area (Å²) < 4.78 is 6.90. The molecule has 1 aliphatic heterocycles. The Kier molecular flexibility index (Phi) is 6.37. The number of morpholine rings is 1. The standard InChI is InChI=1S/C16H23BrN2O3/c1-12-3-4-13(15(17)7-12)8-19-5-6-22-14(10-19)9-18(2)11-16(20)21/h3-4,7,14H,5-6,8-11H2,1-2H3,(H,20,21). The van der Waals surface area contributed by atoms with E-state index in [9.17, 15) is 4.79 Å². The Morgan fingerprint density at radius 1 is 1.55 bits per heavy atom. The molecule has 1 saturated heterocycles. The van der Waals surface area contributed by atoms with Crippen LogP contribution in [0.2, 0.25) is 0 Å². The molecule has 1 heterocycles. The van der Waals surface area contributed by atoms with E-state index in [-0.39, 0.29) is 12.6 Å². The second kappa shape index (κ2) is 8.06. The number of hydrogen-bond acceptors (Lipinski definition) is 4. The molecule has 0 radical (unpaired) electrons. The van der Waals surface area contributed by atoms with Crippen LogP contribution in [0.1, 0.15) is 11.1 Å². The molecule has 0 bridgehead atoms. The van der Waals surface area contributed by atoms with Gasteiger partial charge in [-0.3, -0.25) is 14.6 Å². The Balaban J connectivity index is 1.89. The number of halogens is 1. The van der Waals surface area contributed by atoms with Crippen molar-refractivity contribution in [3.05, 3.63) is 33.8 Å². The highest BCUT2D eigenvalue weighted by atomic mass is 79.9. The normalized spacial score (nSPS) is 19.5. The van der Waals surface area contributed by atoms with Gasteiger partial charge in [0, 0.05) is 30.7 Å². The van der Waals surface area contributed by atoms with Crippen molar-refractivity contribution in [2.24, 2.45) is 0 Å². The molecule has 1 aliphatic rings. The van der Waals surface area contributed by atoms with Crippen molar-refractivity contribution in [3.63, 3.8) is 0 Å². The molecule has 5 nitrogen and oxygen atoms in total. The summed E-state index contributed by atoms with van der Waals surface area (Å²) in [5, 5.41) is 8.82. The highest BCUT2D eigenvalue weighted by molar-refractivity contribution is 9.10. The number of carbonyl (C=O) groups is 1. The maximum atomic E-state index is 10.7. The zero-order valence-electron chi connectivity index (χ0n) is 13.1. The van der Waals surface area contributed by atoms with Crippen LogP contribution in [0.4, 0.5) is 0 Å². The Morgan fingerprint density at radius 3 is 3.00 bits per heavy atom. The average molecular weight is 371 g/mol. The number of ether oxygens (including phenoxy) is 1. The molecule has 22 heavy (non-hydrogen) atoms. The van der Waals surface area contributed by atoms with Crippen LogP contribution >= 0.6 is 15.9 Å². The summed E-state index contributed by atoms with van der Waals surface area (Å²) in [5.41, 5.74) is 2.51. The quantitative estimate of drug-likeness (QED) is 0.829. The number of carboxylic acid groups (broad SMARTS) is 1. The van der Waals surface area contributed by atoms with Gasteiger partial charge in [0.1, 0.15) is 0 Å². The molecular formula is C16H23BrN2O3. The van der Waals surface area contributed by atoms with Crippen LogP contribution in [-0.4, -0.2) is 66.8 Å². The molecule has 1 atom stereocenters. The molecule has 1 aromatic carbocycles. The fourth-order valence-corrected chi connectivity index (χ4v) is 3.32. The molecule has 0 amide bonds. The highest BCUT2D eigenvalue weighted by Gasteiger charge is 2.22. The summed E-state index contributed by atoms with van der Waals surface area (Å²) in [6, 6.07) is 6.41. The number of nitrogens with zero attached hydrogens (tertiary/aromatic N) is 2. The molecule has 6 heteroatoms. The lowest BCUT2D eigenvalue weighted by Gasteiger charge is -2.34. The van der Waals surface area contributed by atoms with Crippen LogP contribution in [0.5, 0.6) is 0 Å². The smallest absolute Gasteiger partial charge is 0.317 e. The van der Waals surface area contributed by atoms with Gasteiger partial charge in [0.25, 0.3) is 0 Å². The van der Waals surface area contributed by atoms with E-state index in [1.54, 1.807) is 4.90 Å². The Labute approximate surface area is 140 Å². The first-order valence-corrected chi connectivity index (χ1v) is 8.22. The number of aliphatic carboxylic acids is 1. The lowest BCUT2D eigenvalue weighted by atomic mass is 10.1. The molecule has 1 fully saturated rings. The van der Waals surface area contributed by atoms with E-state index >= 15 is 0 Å². The minimum Gasteiger partial charge on any atom is -0.480 e. The van der Waals surface area contributed by atoms with Crippen molar-refractivity contribution in [2.45, 2.75) is 19.6 Å². The minimum atomic E-state index is -0.807. The number of aryl methyl sites for hydroxylation is 1. The summed E-state index contributed by atoms with van der Waals surface area (Å²) in [4.78, 5) is 14.9. The van der Waals surface area contributed by atoms with Gasteiger partial charge in [0.15, 0.2) is 0 Å². The molecule has 122 valence electrons. The maximum Gasteiger partial charge on any atom is 0.317 e. The summed E-state index contributed by atoms with van der Waals surface area (Å²) >= 11 is 3.63. The van der Waals surface area contributed by atoms with Gasteiger partial charge in [0.2, 0.25) is 0 Å². The van der Waals surface area contributed by atoms with E-state index in [0.717, 1.165) is 24.1 Å². The summed E-state index contributed by atoms with van der Waals surface area (Å²) in [6.45, 7) is 6.06. The van der Waals surface area contributed by atoms with Crippen LogP contribution in [0, 0.1) is 6.92 Å². The van der Waals surface area contributed by atoms with Gasteiger partial charge >= 0.3 is 5.97 Å². The number of hydrogen-bond donors (Lipinski definition) is 1. The van der Waals surface area contributed by atoms with Crippen LogP contribution in [0.15, 0.2) is 22.7 Å². The average Bonchev–Trinajstić information content (AvgIpc) is 2.41. The van der Waals surface area contributed by atoms with E-state index in [1.165, 1.54) is 11.1 Å². The van der Waals surface area contributed by atoms with Crippen molar-refractivity contribution in [2.75, 3.05) is 39.8 Å². The summed E-state index contributed by atoms with van der Waals surface area (Å²) in [7, 11) is 1.81. The van der Waals surface area contributed by atoms with Crippen LogP contribution in [0.3, 0.4) is 0 Å². The van der Waals surface area contributed by atoms with Gasteiger partial charge in [0.05, 0.1) is 19.3 Å². The van der Waals surface area contributed by atoms with Crippen molar-refractivity contribution in [1.29, 1.82) is 0 Å². The fourth-order valence-electron chi connectivity index (χ4n) is 2.70. The Bertz CT molecular complexity index is 524. The first-order chi connectivity index (χ1) is 10.4. The number of carboxylic acids is 1. The molecule has 0 spiro atoms. The van der Waals surface area contributed by atoms with Gasteiger partial charge < -0.3 is 9.84 Å². The fraction of sp³-hybridized carbons (Fsp3) is 0.562. The predicted molar refractivity (Wildman–Crippen MR) is 89.0 cm³/mol. The maximum absolute atomic E-state index is 10.7. The van der Waals surface area contributed by atoms with Crippen LogP contribution in [-0.2, 0) is 16.1 Å². The second-order valence-electron chi connectivity index (χ2n) is 5.91. The number of likely N-dealkylation sites (N-methyl/N-ethyl adjacent to an activating group) is 1. The molecular weight excluding hydrogens is 348 g/mol. The van der Waals surface area contributed by atoms with Crippen LogP contribution < -0.4 is 0 Å². The second-order valence-corrected chi connectivity index (χ2v) is 6.77. The third-order valence-corrected chi connectivity index (χ3v) is 4.48. The topological polar surface area (TPSA) is 53.0 Å². The molecule has 2 rings (SSSR count). The van der Waals surface area contributed by atoms with E-state index in [2.05, 4.69) is 46.0 Å². The van der Waals surface area contributed by atoms with E-state index < -0.39 is 5.97 Å². The third-order valence-electron chi connectivity index (χ3n) is 3.75. The Hall–Kier alpha value is -0.950. The van der Waals surface area contributed by atoms with Gasteiger partial charge in [-0.15, -0.1) is 0 Å². The third kappa shape index (κ3) is 5.35. The van der Waals surface area contributed by atoms with E-state index in [0.29, 0.717) is 13.2 Å².